The third kappa shape index (κ3) is 2.25. The van der Waals surface area contributed by atoms with Crippen LogP contribution in [0.25, 0.3) is 0 Å². The fourth-order valence-corrected chi connectivity index (χ4v) is 2.55. The van der Waals surface area contributed by atoms with E-state index < -0.39 is 0 Å². The summed E-state index contributed by atoms with van der Waals surface area (Å²) in [5.41, 5.74) is 4.67. The lowest BCUT2D eigenvalue weighted by Gasteiger charge is -2.19. The summed E-state index contributed by atoms with van der Waals surface area (Å²) in [7, 11) is 0. The molecule has 0 saturated carbocycles. The van der Waals surface area contributed by atoms with Crippen LogP contribution in [0.4, 0.5) is 11.4 Å². The lowest BCUT2D eigenvalue weighted by atomic mass is 9.84. The summed E-state index contributed by atoms with van der Waals surface area (Å²) in [5.74, 6) is 0. The van der Waals surface area contributed by atoms with Gasteiger partial charge in [-0.1, -0.05) is 50.2 Å². The number of allylic oxidation sites excluding steroid dienone is 2. The van der Waals surface area contributed by atoms with Gasteiger partial charge in [-0.2, -0.15) is 0 Å². The molecule has 1 aliphatic rings. The van der Waals surface area contributed by atoms with Gasteiger partial charge in [0.05, 0.1) is 5.69 Å². The van der Waals surface area contributed by atoms with Crippen LogP contribution >= 0.6 is 0 Å². The predicted octanol–water partition coefficient (Wildman–Crippen LogP) is 4.68. The van der Waals surface area contributed by atoms with E-state index in [0.29, 0.717) is 0 Å². The summed E-state index contributed by atoms with van der Waals surface area (Å²) in [6.45, 7) is 4.46. The number of hydrogen-bond acceptors (Lipinski definition) is 2. The first-order valence-electron chi connectivity index (χ1n) is 6.84. The number of anilines is 1. The maximum absolute atomic E-state index is 4.46. The average Bonchev–Trinajstić information content (AvgIpc) is 2.72. The molecule has 1 aliphatic heterocycles. The van der Waals surface area contributed by atoms with Gasteiger partial charge in [0.1, 0.15) is 0 Å². The third-order valence-corrected chi connectivity index (χ3v) is 3.76. The van der Waals surface area contributed by atoms with Crippen molar-refractivity contribution < 1.29 is 0 Å². The molecule has 2 nitrogen and oxygen atoms in total. The van der Waals surface area contributed by atoms with Gasteiger partial charge in [-0.3, -0.25) is 4.99 Å². The SMILES string of the molecule is CC1(C)/C(=C/C=N/c2ccccc2)Nc2ccccc21. The molecule has 0 amide bonds. The first-order valence-corrected chi connectivity index (χ1v) is 6.84. The topological polar surface area (TPSA) is 24.4 Å². The third-order valence-electron chi connectivity index (χ3n) is 3.76. The number of benzene rings is 2. The highest BCUT2D eigenvalue weighted by atomic mass is 15.0. The molecule has 2 heteroatoms. The van der Waals surface area contributed by atoms with Gasteiger partial charge in [0, 0.05) is 23.0 Å². The van der Waals surface area contributed by atoms with Crippen LogP contribution in [0.1, 0.15) is 19.4 Å². The van der Waals surface area contributed by atoms with Crippen molar-refractivity contribution in [3.05, 3.63) is 71.9 Å². The Labute approximate surface area is 119 Å². The first kappa shape index (κ1) is 12.7. The van der Waals surface area contributed by atoms with E-state index in [1.54, 1.807) is 0 Å². The monoisotopic (exact) mass is 262 g/mol. The van der Waals surface area contributed by atoms with Gasteiger partial charge < -0.3 is 5.32 Å². The van der Waals surface area contributed by atoms with E-state index in [-0.39, 0.29) is 5.41 Å². The van der Waals surface area contributed by atoms with Gasteiger partial charge in [-0.15, -0.1) is 0 Å². The van der Waals surface area contributed by atoms with E-state index >= 15 is 0 Å². The molecule has 100 valence electrons. The van der Waals surface area contributed by atoms with E-state index in [2.05, 4.69) is 54.5 Å². The van der Waals surface area contributed by atoms with Crippen molar-refractivity contribution in [2.45, 2.75) is 19.3 Å². The van der Waals surface area contributed by atoms with E-state index in [9.17, 15) is 0 Å². The Morgan fingerprint density at radius 2 is 1.65 bits per heavy atom. The van der Waals surface area contributed by atoms with Crippen molar-refractivity contribution in [2.24, 2.45) is 4.99 Å². The molecule has 2 aromatic rings. The molecule has 0 spiro atoms. The highest BCUT2D eigenvalue weighted by Crippen LogP contribution is 2.42. The van der Waals surface area contributed by atoms with Gasteiger partial charge in [0.15, 0.2) is 0 Å². The number of rotatable bonds is 2. The standard InChI is InChI=1S/C18H18N2/c1-18(2)15-10-6-7-11-16(15)20-17(18)12-13-19-14-8-4-3-5-9-14/h3-13,20H,1-2H3/b17-12-,19-13+. The molecule has 0 fully saturated rings. The van der Waals surface area contributed by atoms with Gasteiger partial charge in [-0.05, 0) is 29.8 Å². The maximum atomic E-state index is 4.46. The van der Waals surface area contributed by atoms with Gasteiger partial charge >= 0.3 is 0 Å². The van der Waals surface area contributed by atoms with Crippen LogP contribution < -0.4 is 5.32 Å². The molecule has 1 heterocycles. The zero-order valence-electron chi connectivity index (χ0n) is 11.8. The normalized spacial score (nSPS) is 18.2. The second-order valence-electron chi connectivity index (χ2n) is 5.49. The van der Waals surface area contributed by atoms with E-state index in [4.69, 9.17) is 0 Å². The fraction of sp³-hybridized carbons (Fsp3) is 0.167. The van der Waals surface area contributed by atoms with Crippen LogP contribution in [-0.2, 0) is 5.41 Å². The first-order chi connectivity index (χ1) is 9.68. The molecule has 2 aromatic carbocycles. The molecule has 20 heavy (non-hydrogen) atoms. The van der Waals surface area contributed by atoms with Crippen molar-refractivity contribution in [1.82, 2.24) is 0 Å². The lowest BCUT2D eigenvalue weighted by molar-refractivity contribution is 0.655. The summed E-state index contributed by atoms with van der Waals surface area (Å²) < 4.78 is 0. The number of para-hydroxylation sites is 2. The summed E-state index contributed by atoms with van der Waals surface area (Å²) in [6.07, 6.45) is 3.93. The zero-order chi connectivity index (χ0) is 14.0. The Morgan fingerprint density at radius 1 is 0.950 bits per heavy atom. The minimum atomic E-state index is -0.000693. The van der Waals surface area contributed by atoms with Crippen molar-refractivity contribution in [2.75, 3.05) is 5.32 Å². The van der Waals surface area contributed by atoms with E-state index in [1.807, 2.05) is 36.5 Å². The molecule has 0 atom stereocenters. The van der Waals surface area contributed by atoms with Crippen LogP contribution in [-0.4, -0.2) is 6.21 Å². The molecular weight excluding hydrogens is 244 g/mol. The van der Waals surface area contributed by atoms with Crippen molar-refractivity contribution in [3.63, 3.8) is 0 Å². The number of aliphatic imine (C=N–C) groups is 1. The van der Waals surface area contributed by atoms with Crippen molar-refractivity contribution in [1.29, 1.82) is 0 Å². The quantitative estimate of drug-likeness (QED) is 0.781. The minimum absolute atomic E-state index is 0.000693. The van der Waals surface area contributed by atoms with Gasteiger partial charge in [0.2, 0.25) is 0 Å². The lowest BCUT2D eigenvalue weighted by Crippen LogP contribution is -2.17. The van der Waals surface area contributed by atoms with Crippen molar-refractivity contribution >= 4 is 17.6 Å². The molecule has 0 aliphatic carbocycles. The second kappa shape index (κ2) is 4.97. The van der Waals surface area contributed by atoms with Crippen LogP contribution in [0.5, 0.6) is 0 Å². The fourth-order valence-electron chi connectivity index (χ4n) is 2.55. The molecule has 3 rings (SSSR count). The smallest absolute Gasteiger partial charge is 0.0629 e. The predicted molar refractivity (Wildman–Crippen MR) is 85.8 cm³/mol. The number of nitrogens with zero attached hydrogens (tertiary/aromatic N) is 1. The average molecular weight is 262 g/mol. The molecule has 0 unspecified atom stereocenters. The van der Waals surface area contributed by atoms with Crippen molar-refractivity contribution in [3.8, 4) is 0 Å². The number of fused-ring (bicyclic) bond motifs is 1. The van der Waals surface area contributed by atoms with Gasteiger partial charge in [0.25, 0.3) is 0 Å². The Balaban J connectivity index is 1.86. The second-order valence-corrected chi connectivity index (χ2v) is 5.49. The van der Waals surface area contributed by atoms with E-state index in [1.165, 1.54) is 16.9 Å². The molecule has 0 saturated heterocycles. The summed E-state index contributed by atoms with van der Waals surface area (Å²) >= 11 is 0. The highest BCUT2D eigenvalue weighted by Gasteiger charge is 2.33. The molecule has 0 bridgehead atoms. The molecular formula is C18H18N2. The Kier molecular flexibility index (Phi) is 3.15. The number of hydrogen-bond donors (Lipinski definition) is 1. The van der Waals surface area contributed by atoms with Crippen LogP contribution in [0, 0.1) is 0 Å². The largest absolute Gasteiger partial charge is 0.358 e. The van der Waals surface area contributed by atoms with Crippen LogP contribution in [0.15, 0.2) is 71.4 Å². The summed E-state index contributed by atoms with van der Waals surface area (Å²) in [5, 5.41) is 3.48. The Hall–Kier alpha value is -2.35. The molecule has 1 N–H and O–H groups in total. The summed E-state index contributed by atoms with van der Waals surface area (Å²) in [6, 6.07) is 18.4. The maximum Gasteiger partial charge on any atom is 0.0629 e. The van der Waals surface area contributed by atoms with Crippen LogP contribution in [0.2, 0.25) is 0 Å². The molecule has 0 radical (unpaired) electrons. The van der Waals surface area contributed by atoms with Crippen LogP contribution in [0.3, 0.4) is 0 Å². The van der Waals surface area contributed by atoms with Gasteiger partial charge in [-0.25, -0.2) is 0 Å². The number of nitrogens with one attached hydrogen (secondary N) is 1. The zero-order valence-corrected chi connectivity index (χ0v) is 11.8. The summed E-state index contributed by atoms with van der Waals surface area (Å²) in [4.78, 5) is 4.46. The Morgan fingerprint density at radius 3 is 2.40 bits per heavy atom. The Bertz CT molecular complexity index is 667. The minimum Gasteiger partial charge on any atom is -0.358 e. The highest BCUT2D eigenvalue weighted by molar-refractivity contribution is 5.80. The molecule has 0 aromatic heterocycles. The van der Waals surface area contributed by atoms with E-state index in [0.717, 1.165) is 5.69 Å².